The van der Waals surface area contributed by atoms with Crippen LogP contribution in [0, 0.1) is 0 Å². The van der Waals surface area contributed by atoms with E-state index in [0.717, 1.165) is 12.0 Å². The van der Waals surface area contributed by atoms with Crippen LogP contribution in [0.5, 0.6) is 5.75 Å². The number of aliphatic hydroxyl groups is 1. The number of nitrogens with one attached hydrogen (secondary N) is 1. The van der Waals surface area contributed by atoms with Gasteiger partial charge in [-0.1, -0.05) is 19.1 Å². The monoisotopic (exact) mass is 281 g/mol. The van der Waals surface area contributed by atoms with E-state index in [2.05, 4.69) is 5.32 Å². The molecule has 110 valence electrons. The third-order valence-electron chi connectivity index (χ3n) is 2.75. The van der Waals surface area contributed by atoms with E-state index in [4.69, 9.17) is 14.9 Å². The molecule has 0 fully saturated rings. The van der Waals surface area contributed by atoms with Gasteiger partial charge in [-0.25, -0.2) is 4.79 Å². The van der Waals surface area contributed by atoms with Gasteiger partial charge in [0.25, 0.3) is 5.91 Å². The van der Waals surface area contributed by atoms with E-state index in [9.17, 15) is 9.59 Å². The Bertz CT molecular complexity index is 443. The lowest BCUT2D eigenvalue weighted by Crippen LogP contribution is -2.43. The van der Waals surface area contributed by atoms with Crippen LogP contribution in [0.15, 0.2) is 24.3 Å². The van der Waals surface area contributed by atoms with Gasteiger partial charge in [-0.2, -0.15) is 0 Å². The fourth-order valence-corrected chi connectivity index (χ4v) is 1.59. The normalized spacial score (nSPS) is 11.7. The van der Waals surface area contributed by atoms with Crippen molar-refractivity contribution in [1.29, 1.82) is 0 Å². The van der Waals surface area contributed by atoms with Gasteiger partial charge in [-0.3, -0.25) is 4.79 Å². The average Bonchev–Trinajstić information content (AvgIpc) is 2.45. The van der Waals surface area contributed by atoms with Crippen molar-refractivity contribution in [3.05, 3.63) is 29.8 Å². The number of hydrogen-bond acceptors (Lipinski definition) is 4. The Hall–Kier alpha value is -2.08. The molecule has 0 aliphatic carbocycles. The summed E-state index contributed by atoms with van der Waals surface area (Å²) in [5.74, 6) is -1.17. The summed E-state index contributed by atoms with van der Waals surface area (Å²) in [7, 11) is 0. The largest absolute Gasteiger partial charge is 0.484 e. The number of carbonyl (C=O) groups is 2. The molecule has 1 atom stereocenters. The first-order valence-electron chi connectivity index (χ1n) is 6.41. The zero-order valence-electron chi connectivity index (χ0n) is 11.3. The number of aliphatic carboxylic acids is 1. The number of carboxylic acids is 1. The second-order valence-electron chi connectivity index (χ2n) is 4.26. The van der Waals surface area contributed by atoms with Gasteiger partial charge < -0.3 is 20.3 Å². The van der Waals surface area contributed by atoms with Crippen molar-refractivity contribution in [1.82, 2.24) is 5.32 Å². The van der Waals surface area contributed by atoms with Gasteiger partial charge >= 0.3 is 5.97 Å². The second kappa shape index (κ2) is 8.16. The minimum Gasteiger partial charge on any atom is -0.484 e. The average molecular weight is 281 g/mol. The first-order chi connectivity index (χ1) is 9.56. The summed E-state index contributed by atoms with van der Waals surface area (Å²) in [5.41, 5.74) is 1.16. The second-order valence-corrected chi connectivity index (χ2v) is 4.26. The van der Waals surface area contributed by atoms with Crippen LogP contribution >= 0.6 is 0 Å². The quantitative estimate of drug-likeness (QED) is 0.648. The summed E-state index contributed by atoms with van der Waals surface area (Å²) >= 11 is 0. The number of rotatable bonds is 8. The topological polar surface area (TPSA) is 95.9 Å². The molecule has 0 aliphatic rings. The highest BCUT2D eigenvalue weighted by molar-refractivity contribution is 5.84. The van der Waals surface area contributed by atoms with E-state index in [0.29, 0.717) is 5.75 Å². The molecule has 0 radical (unpaired) electrons. The summed E-state index contributed by atoms with van der Waals surface area (Å²) in [4.78, 5) is 22.4. The molecule has 0 aliphatic heterocycles. The van der Waals surface area contributed by atoms with E-state index in [1.54, 1.807) is 12.1 Å². The van der Waals surface area contributed by atoms with Crippen LogP contribution in [0.4, 0.5) is 0 Å². The van der Waals surface area contributed by atoms with E-state index in [1.807, 2.05) is 19.1 Å². The van der Waals surface area contributed by atoms with Gasteiger partial charge in [0.2, 0.25) is 0 Å². The lowest BCUT2D eigenvalue weighted by molar-refractivity contribution is -0.142. The van der Waals surface area contributed by atoms with Gasteiger partial charge in [-0.05, 0) is 24.1 Å². The van der Waals surface area contributed by atoms with Crippen molar-refractivity contribution >= 4 is 11.9 Å². The highest BCUT2D eigenvalue weighted by Crippen LogP contribution is 2.12. The Labute approximate surface area is 117 Å². The number of hydrogen-bond donors (Lipinski definition) is 3. The number of benzene rings is 1. The zero-order valence-corrected chi connectivity index (χ0v) is 11.3. The van der Waals surface area contributed by atoms with Crippen LogP contribution in [-0.4, -0.2) is 41.3 Å². The molecule has 6 heteroatoms. The molecule has 0 bridgehead atoms. The summed E-state index contributed by atoms with van der Waals surface area (Å²) in [6.45, 7) is 1.47. The fourth-order valence-electron chi connectivity index (χ4n) is 1.59. The molecule has 1 amide bonds. The van der Waals surface area contributed by atoms with Crippen LogP contribution < -0.4 is 10.1 Å². The SMILES string of the molecule is CCc1ccc(OCC(=O)N[C@H](CCO)C(=O)O)cc1. The Morgan fingerprint density at radius 1 is 1.30 bits per heavy atom. The molecular weight excluding hydrogens is 262 g/mol. The molecule has 1 aromatic rings. The van der Waals surface area contributed by atoms with Crippen molar-refractivity contribution < 1.29 is 24.5 Å². The molecule has 0 heterocycles. The smallest absolute Gasteiger partial charge is 0.326 e. The molecule has 0 saturated heterocycles. The summed E-state index contributed by atoms with van der Waals surface area (Å²) in [6, 6.07) is 6.22. The van der Waals surface area contributed by atoms with Crippen LogP contribution in [0.1, 0.15) is 18.9 Å². The number of aliphatic hydroxyl groups excluding tert-OH is 1. The number of aryl methyl sites for hydroxylation is 1. The molecule has 1 aromatic carbocycles. The van der Waals surface area contributed by atoms with Crippen molar-refractivity contribution in [2.75, 3.05) is 13.2 Å². The first kappa shape index (κ1) is 16.0. The Balaban J connectivity index is 2.43. The maximum atomic E-state index is 11.5. The molecule has 3 N–H and O–H groups in total. The zero-order chi connectivity index (χ0) is 15.0. The predicted octanol–water partition coefficient (Wildman–Crippen LogP) is 0.580. The maximum absolute atomic E-state index is 11.5. The van der Waals surface area contributed by atoms with E-state index < -0.39 is 17.9 Å². The van der Waals surface area contributed by atoms with Crippen LogP contribution in [0.2, 0.25) is 0 Å². The Morgan fingerprint density at radius 2 is 1.95 bits per heavy atom. The van der Waals surface area contributed by atoms with Gasteiger partial charge in [0.15, 0.2) is 6.61 Å². The van der Waals surface area contributed by atoms with Crippen molar-refractivity contribution in [3.8, 4) is 5.75 Å². The standard InChI is InChI=1S/C14H19NO5/c1-2-10-3-5-11(6-4-10)20-9-13(17)15-12(7-8-16)14(18)19/h3-6,12,16H,2,7-9H2,1H3,(H,15,17)(H,18,19)/t12-/m1/s1. The van der Waals surface area contributed by atoms with Crippen molar-refractivity contribution in [2.45, 2.75) is 25.8 Å². The number of carbonyl (C=O) groups excluding carboxylic acids is 1. The third kappa shape index (κ3) is 5.27. The highest BCUT2D eigenvalue weighted by Gasteiger charge is 2.19. The molecule has 1 rings (SSSR count). The van der Waals surface area contributed by atoms with Gasteiger partial charge in [0.05, 0.1) is 0 Å². The first-order valence-corrected chi connectivity index (χ1v) is 6.41. The molecule has 0 spiro atoms. The van der Waals surface area contributed by atoms with Crippen molar-refractivity contribution in [3.63, 3.8) is 0 Å². The number of ether oxygens (including phenoxy) is 1. The molecule has 0 saturated carbocycles. The van der Waals surface area contributed by atoms with Crippen LogP contribution in [0.3, 0.4) is 0 Å². The highest BCUT2D eigenvalue weighted by atomic mass is 16.5. The molecule has 20 heavy (non-hydrogen) atoms. The number of amides is 1. The molecule has 0 unspecified atom stereocenters. The van der Waals surface area contributed by atoms with Gasteiger partial charge in [0.1, 0.15) is 11.8 Å². The Morgan fingerprint density at radius 3 is 2.45 bits per heavy atom. The van der Waals surface area contributed by atoms with Crippen LogP contribution in [0.25, 0.3) is 0 Å². The lowest BCUT2D eigenvalue weighted by Gasteiger charge is -2.13. The molecule has 0 aromatic heterocycles. The minimum atomic E-state index is -1.18. The summed E-state index contributed by atoms with van der Waals surface area (Å²) in [5, 5.41) is 19.8. The Kier molecular flexibility index (Phi) is 6.52. The van der Waals surface area contributed by atoms with Crippen molar-refractivity contribution in [2.24, 2.45) is 0 Å². The molecule has 6 nitrogen and oxygen atoms in total. The summed E-state index contributed by atoms with van der Waals surface area (Å²) in [6.07, 6.45) is 0.883. The number of carboxylic acid groups (broad SMARTS) is 1. The summed E-state index contributed by atoms with van der Waals surface area (Å²) < 4.78 is 5.26. The van der Waals surface area contributed by atoms with Gasteiger partial charge in [0, 0.05) is 13.0 Å². The maximum Gasteiger partial charge on any atom is 0.326 e. The van der Waals surface area contributed by atoms with E-state index in [1.165, 1.54) is 0 Å². The fraction of sp³-hybridized carbons (Fsp3) is 0.429. The minimum absolute atomic E-state index is 0.0354. The van der Waals surface area contributed by atoms with Crippen LogP contribution in [-0.2, 0) is 16.0 Å². The third-order valence-corrected chi connectivity index (χ3v) is 2.75. The van der Waals surface area contributed by atoms with E-state index >= 15 is 0 Å². The molecular formula is C14H19NO5. The lowest BCUT2D eigenvalue weighted by atomic mass is 10.2. The predicted molar refractivity (Wildman–Crippen MR) is 72.6 cm³/mol. The van der Waals surface area contributed by atoms with Gasteiger partial charge in [-0.15, -0.1) is 0 Å². The van der Waals surface area contributed by atoms with E-state index in [-0.39, 0.29) is 19.6 Å².